The maximum atomic E-state index is 11.9. The maximum Gasteiger partial charge on any atom is 0.241 e. The fourth-order valence-corrected chi connectivity index (χ4v) is 2.01. The highest BCUT2D eigenvalue weighted by molar-refractivity contribution is 5.82. The minimum Gasteiger partial charge on any atom is -0.370 e. The molecule has 22 heavy (non-hydrogen) atoms. The molecule has 1 heterocycles. The van der Waals surface area contributed by atoms with Crippen molar-refractivity contribution >= 4 is 11.7 Å². The smallest absolute Gasteiger partial charge is 0.241 e. The monoisotopic (exact) mass is 298 g/mol. The van der Waals surface area contributed by atoms with E-state index in [1.807, 2.05) is 55.6 Å². The summed E-state index contributed by atoms with van der Waals surface area (Å²) in [5, 5.41) is 6.06. The topological polar surface area (TPSA) is 80.0 Å². The van der Waals surface area contributed by atoms with E-state index >= 15 is 0 Å². The number of benzene rings is 1. The molecule has 4 N–H and O–H groups in total. The van der Waals surface area contributed by atoms with Gasteiger partial charge in [0.15, 0.2) is 0 Å². The average molecular weight is 298 g/mol. The van der Waals surface area contributed by atoms with Gasteiger partial charge in [-0.15, -0.1) is 0 Å². The molecule has 5 heteroatoms. The molecular weight excluding hydrogens is 276 g/mol. The summed E-state index contributed by atoms with van der Waals surface area (Å²) < 4.78 is 0. The van der Waals surface area contributed by atoms with Gasteiger partial charge in [-0.25, -0.2) is 4.98 Å². The molecule has 0 spiro atoms. The molecule has 0 saturated carbocycles. The molecule has 0 aliphatic rings. The van der Waals surface area contributed by atoms with Crippen LogP contribution >= 0.6 is 0 Å². The van der Waals surface area contributed by atoms with Crippen LogP contribution in [0.4, 0.5) is 5.82 Å². The third-order valence-corrected chi connectivity index (χ3v) is 3.31. The Hall–Kier alpha value is -2.40. The molecule has 0 radical (unpaired) electrons. The van der Waals surface area contributed by atoms with Crippen LogP contribution in [-0.2, 0) is 4.79 Å². The molecule has 0 fully saturated rings. The van der Waals surface area contributed by atoms with Gasteiger partial charge in [-0.3, -0.25) is 4.79 Å². The molecule has 0 aliphatic heterocycles. The third-order valence-electron chi connectivity index (χ3n) is 3.31. The van der Waals surface area contributed by atoms with Crippen LogP contribution in [0.5, 0.6) is 0 Å². The number of hydrogen-bond acceptors (Lipinski definition) is 4. The van der Waals surface area contributed by atoms with Gasteiger partial charge in [0.2, 0.25) is 5.91 Å². The van der Waals surface area contributed by atoms with Crippen LogP contribution in [0, 0.1) is 6.92 Å². The van der Waals surface area contributed by atoms with Crippen LogP contribution in [0.25, 0.3) is 0 Å². The van der Waals surface area contributed by atoms with E-state index in [1.165, 1.54) is 0 Å². The van der Waals surface area contributed by atoms with Crippen molar-refractivity contribution in [3.63, 3.8) is 0 Å². The molecule has 0 saturated heterocycles. The van der Waals surface area contributed by atoms with Crippen molar-refractivity contribution in [1.82, 2.24) is 10.3 Å². The summed E-state index contributed by atoms with van der Waals surface area (Å²) in [6.07, 6.45) is 2.63. The number of nitrogens with zero attached hydrogens (tertiary/aromatic N) is 1. The minimum atomic E-state index is -0.618. The number of nitrogens with one attached hydrogen (secondary N) is 2. The van der Waals surface area contributed by atoms with Crippen molar-refractivity contribution in [3.05, 3.63) is 59.8 Å². The average Bonchev–Trinajstić information content (AvgIpc) is 2.56. The van der Waals surface area contributed by atoms with Crippen LogP contribution in [0.1, 0.15) is 23.6 Å². The predicted octanol–water partition coefficient (Wildman–Crippen LogP) is 2.01. The number of pyridine rings is 1. The zero-order chi connectivity index (χ0) is 15.8. The second kappa shape index (κ2) is 8.14. The number of anilines is 1. The number of rotatable bonds is 7. The maximum absolute atomic E-state index is 11.9. The molecule has 1 unspecified atom stereocenters. The third kappa shape index (κ3) is 4.86. The van der Waals surface area contributed by atoms with E-state index in [0.717, 1.165) is 29.9 Å². The molecule has 5 nitrogen and oxygen atoms in total. The summed E-state index contributed by atoms with van der Waals surface area (Å²) >= 11 is 0. The van der Waals surface area contributed by atoms with Gasteiger partial charge in [0.05, 0.1) is 0 Å². The Labute approximate surface area is 130 Å². The number of aromatic nitrogens is 1. The molecule has 2 aromatic rings. The van der Waals surface area contributed by atoms with Gasteiger partial charge in [0, 0.05) is 19.3 Å². The van der Waals surface area contributed by atoms with E-state index in [-0.39, 0.29) is 5.91 Å². The van der Waals surface area contributed by atoms with Crippen LogP contribution in [-0.4, -0.2) is 24.0 Å². The van der Waals surface area contributed by atoms with Crippen molar-refractivity contribution in [2.45, 2.75) is 19.4 Å². The lowest BCUT2D eigenvalue weighted by molar-refractivity contribution is -0.122. The zero-order valence-corrected chi connectivity index (χ0v) is 12.8. The Morgan fingerprint density at radius 3 is 2.64 bits per heavy atom. The second-order valence-corrected chi connectivity index (χ2v) is 5.18. The van der Waals surface area contributed by atoms with E-state index in [0.29, 0.717) is 6.54 Å². The van der Waals surface area contributed by atoms with Gasteiger partial charge in [0.25, 0.3) is 0 Å². The molecule has 1 aromatic carbocycles. The van der Waals surface area contributed by atoms with Crippen LogP contribution in [0.15, 0.2) is 48.7 Å². The molecule has 116 valence electrons. The number of nitrogens with two attached hydrogens (primary N) is 1. The SMILES string of the molecule is Cc1ccc(NCCCNC(=O)C(N)c2ccccc2)nc1. The number of aryl methyl sites for hydroxylation is 1. The largest absolute Gasteiger partial charge is 0.370 e. The van der Waals surface area contributed by atoms with E-state index in [2.05, 4.69) is 15.6 Å². The van der Waals surface area contributed by atoms with E-state index in [4.69, 9.17) is 5.73 Å². The van der Waals surface area contributed by atoms with Crippen molar-refractivity contribution in [2.75, 3.05) is 18.4 Å². The Balaban J connectivity index is 1.66. The number of carbonyl (C=O) groups excluding carboxylic acids is 1. The lowest BCUT2D eigenvalue weighted by Gasteiger charge is -2.12. The molecule has 2 rings (SSSR count). The summed E-state index contributed by atoms with van der Waals surface area (Å²) in [7, 11) is 0. The molecule has 1 amide bonds. The fraction of sp³-hybridized carbons (Fsp3) is 0.294. The van der Waals surface area contributed by atoms with Gasteiger partial charge < -0.3 is 16.4 Å². The number of carbonyl (C=O) groups is 1. The van der Waals surface area contributed by atoms with Gasteiger partial charge in [-0.05, 0) is 30.5 Å². The Morgan fingerprint density at radius 2 is 1.95 bits per heavy atom. The van der Waals surface area contributed by atoms with Gasteiger partial charge in [0.1, 0.15) is 11.9 Å². The van der Waals surface area contributed by atoms with Gasteiger partial charge >= 0.3 is 0 Å². The summed E-state index contributed by atoms with van der Waals surface area (Å²) in [4.78, 5) is 16.2. The first-order chi connectivity index (χ1) is 10.7. The zero-order valence-electron chi connectivity index (χ0n) is 12.8. The molecule has 1 atom stereocenters. The van der Waals surface area contributed by atoms with Crippen molar-refractivity contribution in [1.29, 1.82) is 0 Å². The summed E-state index contributed by atoms with van der Waals surface area (Å²) in [6, 6.07) is 12.7. The standard InChI is InChI=1S/C17H22N4O/c1-13-8-9-15(21-12-13)19-10-5-11-20-17(22)16(18)14-6-3-2-4-7-14/h2-4,6-9,12,16H,5,10-11,18H2,1H3,(H,19,21)(H,20,22). The number of hydrogen-bond donors (Lipinski definition) is 3. The lowest BCUT2D eigenvalue weighted by Crippen LogP contribution is -2.35. The Kier molecular flexibility index (Phi) is 5.91. The van der Waals surface area contributed by atoms with Crippen molar-refractivity contribution in [3.8, 4) is 0 Å². The predicted molar refractivity (Wildman–Crippen MR) is 88.5 cm³/mol. The molecule has 0 aliphatic carbocycles. The first kappa shape index (κ1) is 16.0. The van der Waals surface area contributed by atoms with Crippen LogP contribution in [0.3, 0.4) is 0 Å². The van der Waals surface area contributed by atoms with Crippen molar-refractivity contribution < 1.29 is 4.79 Å². The van der Waals surface area contributed by atoms with E-state index in [9.17, 15) is 4.79 Å². The fourth-order valence-electron chi connectivity index (χ4n) is 2.01. The van der Waals surface area contributed by atoms with Crippen LogP contribution in [0.2, 0.25) is 0 Å². The lowest BCUT2D eigenvalue weighted by atomic mass is 10.1. The molecule has 0 bridgehead atoms. The quantitative estimate of drug-likeness (QED) is 0.683. The summed E-state index contributed by atoms with van der Waals surface area (Å²) in [5.74, 6) is 0.692. The minimum absolute atomic E-state index is 0.153. The molecular formula is C17H22N4O. The highest BCUT2D eigenvalue weighted by Crippen LogP contribution is 2.09. The first-order valence-electron chi connectivity index (χ1n) is 7.41. The van der Waals surface area contributed by atoms with Crippen LogP contribution < -0.4 is 16.4 Å². The Morgan fingerprint density at radius 1 is 1.18 bits per heavy atom. The highest BCUT2D eigenvalue weighted by atomic mass is 16.2. The second-order valence-electron chi connectivity index (χ2n) is 5.18. The number of amides is 1. The summed E-state index contributed by atoms with van der Waals surface area (Å²) in [5.41, 5.74) is 7.87. The normalized spacial score (nSPS) is 11.7. The van der Waals surface area contributed by atoms with Gasteiger partial charge in [-0.2, -0.15) is 0 Å². The summed E-state index contributed by atoms with van der Waals surface area (Å²) in [6.45, 7) is 3.33. The van der Waals surface area contributed by atoms with E-state index < -0.39 is 6.04 Å². The Bertz CT molecular complexity index is 583. The van der Waals surface area contributed by atoms with Crippen molar-refractivity contribution in [2.24, 2.45) is 5.73 Å². The van der Waals surface area contributed by atoms with E-state index in [1.54, 1.807) is 0 Å². The van der Waals surface area contributed by atoms with Gasteiger partial charge in [-0.1, -0.05) is 36.4 Å². The highest BCUT2D eigenvalue weighted by Gasteiger charge is 2.14. The molecule has 1 aromatic heterocycles. The first-order valence-corrected chi connectivity index (χ1v) is 7.41.